The van der Waals surface area contributed by atoms with Crippen molar-refractivity contribution in [3.8, 4) is 0 Å². The average Bonchev–Trinajstić information content (AvgIpc) is 1.35. The molecule has 0 atom stereocenters. The molecule has 0 aromatic rings. The van der Waals surface area contributed by atoms with Gasteiger partial charge in [-0.3, -0.25) is 0 Å². The van der Waals surface area contributed by atoms with Crippen LogP contribution in [0.3, 0.4) is 0 Å². The quantitative estimate of drug-likeness (QED) is 0.435. The number of hydrogen-bond acceptors (Lipinski definition) is 2. The second kappa shape index (κ2) is 4.21. The maximum absolute atomic E-state index is 8.19. The molecule has 1 nitrogen and oxygen atoms in total. The molecule has 0 saturated heterocycles. The summed E-state index contributed by atoms with van der Waals surface area (Å²) < 4.78 is 9.20. The Morgan fingerprint density at radius 1 is 1.67 bits per heavy atom. The summed E-state index contributed by atoms with van der Waals surface area (Å²) in [6.07, 6.45) is 0. The van der Waals surface area contributed by atoms with E-state index in [2.05, 4.69) is 9.86 Å². The van der Waals surface area contributed by atoms with E-state index in [0.29, 0.717) is 0 Å². The van der Waals surface area contributed by atoms with Gasteiger partial charge in [-0.2, -0.15) is 0 Å². The molecule has 0 unspecified atom stereocenters. The summed E-state index contributed by atoms with van der Waals surface area (Å²) in [7, 11) is 0. The zero-order valence-electron chi connectivity index (χ0n) is 3.94. The topological polar surface area (TPSA) is 20.2 Å². The van der Waals surface area contributed by atoms with Crippen molar-refractivity contribution in [2.24, 2.45) is 0 Å². The van der Waals surface area contributed by atoms with E-state index in [9.17, 15) is 0 Å². The van der Waals surface area contributed by atoms with Gasteiger partial charge >= 0.3 is 50.0 Å². The maximum atomic E-state index is 8.19. The molecule has 0 amide bonds. The first-order chi connectivity index (χ1) is 2.77. The molecule has 6 heavy (non-hydrogen) atoms. The van der Waals surface area contributed by atoms with Crippen LogP contribution in [-0.2, 0) is 0 Å². The van der Waals surface area contributed by atoms with Crippen LogP contribution in [0.4, 0.5) is 0 Å². The van der Waals surface area contributed by atoms with Gasteiger partial charge in [-0.25, -0.2) is 0 Å². The van der Waals surface area contributed by atoms with Crippen LogP contribution >= 0.6 is 31.9 Å². The van der Waals surface area contributed by atoms with Crippen molar-refractivity contribution >= 4 is 31.9 Å². The number of alkyl halides is 3. The Morgan fingerprint density at radius 2 is 2.17 bits per heavy atom. The van der Waals surface area contributed by atoms with E-state index in [1.165, 1.54) is 0 Å². The number of rotatable bonds is 2. The summed E-state index contributed by atoms with van der Waals surface area (Å²) in [5.74, 6) is 0. The summed E-state index contributed by atoms with van der Waals surface area (Å²) in [6.45, 7) is 0. The number of halogens is 1. The Bertz CT molecular complexity index is 32.0. The van der Waals surface area contributed by atoms with Crippen molar-refractivity contribution in [1.82, 2.24) is 0 Å². The molecule has 0 aromatic carbocycles. The van der Waals surface area contributed by atoms with Crippen LogP contribution in [-0.4, -0.2) is 18.2 Å². The van der Waals surface area contributed by atoms with Gasteiger partial charge in [0.05, 0.1) is 0 Å². The predicted molar refractivity (Wildman–Crippen MR) is 41.0 cm³/mol. The third-order valence-corrected chi connectivity index (χ3v) is 5.37. The molecule has 1 N–H and O–H groups in total. The molecular weight excluding hydrogens is 211 g/mol. The Labute approximate surface area is 50.1 Å². The molecule has 0 radical (unpaired) electrons. The van der Waals surface area contributed by atoms with Crippen LogP contribution < -0.4 is 0 Å². The first-order valence-electron chi connectivity index (χ1n) is 1.49. The fourth-order valence-corrected chi connectivity index (χ4v) is 1.96. The Morgan fingerprint density at radius 3 is 2.17 bits per heavy atom. The Balaban J connectivity index is 2.63. The third kappa shape index (κ3) is 5.04. The van der Waals surface area contributed by atoms with Gasteiger partial charge in [0, 0.05) is 0 Å². The molecule has 0 fully saturated rings. The fourth-order valence-electron chi connectivity index (χ4n) is 0.0976. The first-order valence-corrected chi connectivity index (χ1v) is 8.28. The summed E-state index contributed by atoms with van der Waals surface area (Å²) in [5.41, 5.74) is 0. The SMILES string of the molecule is CI(C)CSO. The Hall–Kier alpha value is 1.04. The zero-order valence-corrected chi connectivity index (χ0v) is 6.91. The van der Waals surface area contributed by atoms with Gasteiger partial charge in [-0.05, 0) is 0 Å². The molecule has 0 aliphatic rings. The van der Waals surface area contributed by atoms with Crippen LogP contribution in [0.5, 0.6) is 0 Å². The van der Waals surface area contributed by atoms with Gasteiger partial charge in [0.25, 0.3) is 0 Å². The van der Waals surface area contributed by atoms with Crippen LogP contribution in [0, 0.1) is 0 Å². The molecule has 0 rings (SSSR count). The zero-order chi connectivity index (χ0) is 4.99. The monoisotopic (exact) mass is 220 g/mol. The molecule has 3 heteroatoms. The van der Waals surface area contributed by atoms with E-state index in [1.54, 1.807) is 0 Å². The average molecular weight is 220 g/mol. The minimum atomic E-state index is -0.594. The Kier molecular flexibility index (Phi) is 4.93. The summed E-state index contributed by atoms with van der Waals surface area (Å²) >= 11 is 0.385. The molecule has 0 bridgehead atoms. The van der Waals surface area contributed by atoms with Crippen LogP contribution in [0.25, 0.3) is 0 Å². The normalized spacial score (nSPS) is 11.5. The molecule has 0 spiro atoms. The van der Waals surface area contributed by atoms with E-state index >= 15 is 0 Å². The van der Waals surface area contributed by atoms with E-state index in [1.807, 2.05) is 0 Å². The third-order valence-electron chi connectivity index (χ3n) is 0.267. The van der Waals surface area contributed by atoms with E-state index in [-0.39, 0.29) is 0 Å². The molecule has 0 heterocycles. The predicted octanol–water partition coefficient (Wildman–Crippen LogP) is 1.92. The minimum absolute atomic E-state index is 0.594. The molecule has 0 aromatic heterocycles. The van der Waals surface area contributed by atoms with Crippen LogP contribution in [0.2, 0.25) is 0 Å². The standard InChI is InChI=1S/C3H9IOS/c1-4(2)3-6-5/h5H,3H2,1-2H3. The van der Waals surface area contributed by atoms with Crippen molar-refractivity contribution in [3.05, 3.63) is 0 Å². The van der Waals surface area contributed by atoms with Crippen molar-refractivity contribution in [2.75, 3.05) is 13.6 Å². The second-order valence-corrected chi connectivity index (χ2v) is 8.70. The number of hydrogen-bond donors (Lipinski definition) is 1. The van der Waals surface area contributed by atoms with E-state index in [4.69, 9.17) is 4.55 Å². The molecular formula is C3H9IOS. The van der Waals surface area contributed by atoms with Gasteiger partial charge in [0.15, 0.2) is 0 Å². The van der Waals surface area contributed by atoms with Gasteiger partial charge in [0.2, 0.25) is 0 Å². The van der Waals surface area contributed by atoms with Crippen LogP contribution in [0.1, 0.15) is 0 Å². The first kappa shape index (κ1) is 7.04. The summed E-state index contributed by atoms with van der Waals surface area (Å²) in [4.78, 5) is 4.46. The van der Waals surface area contributed by atoms with Gasteiger partial charge in [-0.1, -0.05) is 0 Å². The molecule has 0 saturated carbocycles. The van der Waals surface area contributed by atoms with Gasteiger partial charge < -0.3 is 0 Å². The van der Waals surface area contributed by atoms with Crippen molar-refractivity contribution in [2.45, 2.75) is 0 Å². The van der Waals surface area contributed by atoms with Gasteiger partial charge in [0.1, 0.15) is 0 Å². The fraction of sp³-hybridized carbons (Fsp3) is 1.00. The van der Waals surface area contributed by atoms with E-state index < -0.39 is 19.8 Å². The summed E-state index contributed by atoms with van der Waals surface area (Å²) in [6, 6.07) is 0. The van der Waals surface area contributed by atoms with E-state index in [0.717, 1.165) is 15.8 Å². The van der Waals surface area contributed by atoms with Gasteiger partial charge in [-0.15, -0.1) is 0 Å². The molecule has 0 aliphatic heterocycles. The second-order valence-electron chi connectivity index (χ2n) is 1.15. The van der Waals surface area contributed by atoms with Crippen molar-refractivity contribution in [3.63, 3.8) is 0 Å². The van der Waals surface area contributed by atoms with Crippen molar-refractivity contribution < 1.29 is 4.55 Å². The molecule has 40 valence electrons. The molecule has 0 aliphatic carbocycles. The van der Waals surface area contributed by atoms with Crippen LogP contribution in [0.15, 0.2) is 0 Å². The van der Waals surface area contributed by atoms with Crippen molar-refractivity contribution in [1.29, 1.82) is 0 Å². The summed E-state index contributed by atoms with van der Waals surface area (Å²) in [5, 5.41) is 0.